The predicted molar refractivity (Wildman–Crippen MR) is 136 cm³/mol. The van der Waals surface area contributed by atoms with Gasteiger partial charge in [-0.05, 0) is 36.2 Å². The van der Waals surface area contributed by atoms with Crippen molar-refractivity contribution >= 4 is 11.7 Å². The second-order valence-corrected chi connectivity index (χ2v) is 8.04. The summed E-state index contributed by atoms with van der Waals surface area (Å²) in [4.78, 5) is 21.9. The average molecular weight is 461 g/mol. The highest BCUT2D eigenvalue weighted by Crippen LogP contribution is 2.33. The van der Waals surface area contributed by atoms with Crippen molar-refractivity contribution in [3.05, 3.63) is 104 Å². The van der Waals surface area contributed by atoms with Gasteiger partial charge in [-0.3, -0.25) is 9.78 Å². The van der Waals surface area contributed by atoms with Gasteiger partial charge in [0, 0.05) is 35.3 Å². The van der Waals surface area contributed by atoms with Gasteiger partial charge in [-0.2, -0.15) is 0 Å². The first-order valence-electron chi connectivity index (χ1n) is 11.5. The summed E-state index contributed by atoms with van der Waals surface area (Å²) in [6.45, 7) is 1.96. The number of hydrogen-bond donors (Lipinski definition) is 1. The lowest BCUT2D eigenvalue weighted by Gasteiger charge is -2.18. The third kappa shape index (κ3) is 4.70. The number of anilines is 1. The van der Waals surface area contributed by atoms with Gasteiger partial charge in [-0.1, -0.05) is 72.8 Å². The maximum atomic E-state index is 13.4. The third-order valence-corrected chi connectivity index (χ3v) is 5.80. The number of carbonyl (C=O) groups excluding carboxylic acids is 1. The summed E-state index contributed by atoms with van der Waals surface area (Å²) >= 11 is 0. The number of amides is 1. The second-order valence-electron chi connectivity index (χ2n) is 8.04. The number of rotatable bonds is 7. The summed E-state index contributed by atoms with van der Waals surface area (Å²) in [6.07, 6.45) is 5.74. The van der Waals surface area contributed by atoms with Crippen LogP contribution in [0.4, 0.5) is 5.82 Å². The Labute approximate surface area is 203 Å². The molecule has 35 heavy (non-hydrogen) atoms. The van der Waals surface area contributed by atoms with E-state index in [1.165, 1.54) is 0 Å². The fourth-order valence-corrected chi connectivity index (χ4v) is 4.03. The molecule has 0 bridgehead atoms. The normalized spacial score (nSPS) is 11.7. The van der Waals surface area contributed by atoms with Gasteiger partial charge in [-0.15, -0.1) is 5.10 Å². The van der Waals surface area contributed by atoms with E-state index in [9.17, 15) is 4.79 Å². The Balaban J connectivity index is 1.46. The lowest BCUT2D eigenvalue weighted by Crippen LogP contribution is -2.27. The molecule has 2 aromatic carbocycles. The zero-order valence-electron chi connectivity index (χ0n) is 19.2. The lowest BCUT2D eigenvalue weighted by molar-refractivity contribution is -0.119. The van der Waals surface area contributed by atoms with Crippen LogP contribution >= 0.6 is 0 Å². The van der Waals surface area contributed by atoms with Crippen LogP contribution in [0, 0.1) is 0 Å². The molecular formula is C28H24N6O. The van der Waals surface area contributed by atoms with E-state index < -0.39 is 6.04 Å². The van der Waals surface area contributed by atoms with E-state index >= 15 is 0 Å². The summed E-state index contributed by atoms with van der Waals surface area (Å²) < 4.78 is 1.71. The molecule has 0 saturated carbocycles. The van der Waals surface area contributed by atoms with E-state index in [1.54, 1.807) is 23.3 Å². The highest BCUT2D eigenvalue weighted by Gasteiger charge is 2.26. The minimum atomic E-state index is -0.566. The molecule has 3 aromatic heterocycles. The maximum absolute atomic E-state index is 13.4. The van der Waals surface area contributed by atoms with Gasteiger partial charge in [0.05, 0.1) is 5.69 Å². The van der Waals surface area contributed by atoms with Crippen LogP contribution in [0.2, 0.25) is 0 Å². The first-order valence-corrected chi connectivity index (χ1v) is 11.5. The Morgan fingerprint density at radius 3 is 2.14 bits per heavy atom. The molecule has 0 saturated heterocycles. The molecule has 172 valence electrons. The summed E-state index contributed by atoms with van der Waals surface area (Å²) in [6, 6.07) is 26.8. The van der Waals surface area contributed by atoms with E-state index in [0.717, 1.165) is 27.9 Å². The molecule has 0 fully saturated rings. The van der Waals surface area contributed by atoms with Crippen LogP contribution in [-0.2, 0) is 4.79 Å². The van der Waals surface area contributed by atoms with E-state index in [2.05, 4.69) is 25.6 Å². The molecule has 0 aliphatic rings. The maximum Gasteiger partial charge on any atom is 0.250 e. The Morgan fingerprint density at radius 2 is 1.51 bits per heavy atom. The summed E-state index contributed by atoms with van der Waals surface area (Å²) in [5, 5.41) is 11.8. The molecule has 1 atom stereocenters. The zero-order valence-corrected chi connectivity index (χ0v) is 19.2. The van der Waals surface area contributed by atoms with Crippen molar-refractivity contribution in [1.82, 2.24) is 25.0 Å². The van der Waals surface area contributed by atoms with Crippen LogP contribution in [0.5, 0.6) is 0 Å². The molecule has 0 aliphatic heterocycles. The molecule has 7 heteroatoms. The van der Waals surface area contributed by atoms with E-state index in [-0.39, 0.29) is 5.91 Å². The number of carbonyl (C=O) groups is 1. The Hall–Kier alpha value is -4.65. The number of hydrogen-bond acceptors (Lipinski definition) is 5. The summed E-state index contributed by atoms with van der Waals surface area (Å²) in [5.74, 6) is 0.291. The summed E-state index contributed by atoms with van der Waals surface area (Å²) in [5.41, 5.74) is 5.36. The minimum Gasteiger partial charge on any atom is -0.309 e. The van der Waals surface area contributed by atoms with Crippen molar-refractivity contribution in [2.24, 2.45) is 0 Å². The van der Waals surface area contributed by atoms with Crippen LogP contribution in [0.3, 0.4) is 0 Å². The van der Waals surface area contributed by atoms with Crippen molar-refractivity contribution in [3.63, 3.8) is 0 Å². The molecule has 5 aromatic rings. The predicted octanol–water partition coefficient (Wildman–Crippen LogP) is 5.66. The van der Waals surface area contributed by atoms with E-state index in [4.69, 9.17) is 0 Å². The first-order chi connectivity index (χ1) is 17.2. The monoisotopic (exact) mass is 460 g/mol. The number of pyridine rings is 2. The molecule has 1 amide bonds. The number of benzene rings is 2. The van der Waals surface area contributed by atoms with Crippen molar-refractivity contribution in [2.75, 3.05) is 5.32 Å². The van der Waals surface area contributed by atoms with E-state index in [0.29, 0.717) is 17.9 Å². The van der Waals surface area contributed by atoms with Crippen molar-refractivity contribution < 1.29 is 4.79 Å². The van der Waals surface area contributed by atoms with Gasteiger partial charge in [0.1, 0.15) is 17.6 Å². The first kappa shape index (κ1) is 22.2. The lowest BCUT2D eigenvalue weighted by atomic mass is 10.0. The molecular weight excluding hydrogens is 436 g/mol. The van der Waals surface area contributed by atoms with Crippen LogP contribution in [-0.4, -0.2) is 30.9 Å². The van der Waals surface area contributed by atoms with Gasteiger partial charge in [0.15, 0.2) is 0 Å². The SMILES string of the molecule is CCC(C(=O)Nc1ccc(-c2ccccc2)cn1)n1nnc(-c2ccncc2)c1-c1ccccc1. The highest BCUT2D eigenvalue weighted by atomic mass is 16.2. The fraction of sp³-hybridized carbons (Fsp3) is 0.107. The fourth-order valence-electron chi connectivity index (χ4n) is 4.03. The van der Waals surface area contributed by atoms with Crippen LogP contribution in [0.15, 0.2) is 104 Å². The molecule has 1 N–H and O–H groups in total. The van der Waals surface area contributed by atoms with Crippen molar-refractivity contribution in [3.8, 4) is 33.6 Å². The minimum absolute atomic E-state index is 0.198. The standard InChI is InChI=1S/C28H24N6O/c1-2-24(28(35)31-25-14-13-23(19-30-25)20-9-5-3-6-10-20)34-27(22-11-7-4-8-12-22)26(32-33-34)21-15-17-29-18-16-21/h3-19,24H,2H2,1H3,(H,30,31,35). The number of nitrogens with one attached hydrogen (secondary N) is 1. The number of aromatic nitrogens is 5. The van der Waals surface area contributed by atoms with Crippen molar-refractivity contribution in [1.29, 1.82) is 0 Å². The van der Waals surface area contributed by atoms with Gasteiger partial charge in [0.2, 0.25) is 5.91 Å². The van der Waals surface area contributed by atoms with Crippen molar-refractivity contribution in [2.45, 2.75) is 19.4 Å². The van der Waals surface area contributed by atoms with Gasteiger partial charge < -0.3 is 5.32 Å². The molecule has 0 spiro atoms. The van der Waals surface area contributed by atoms with Crippen LogP contribution in [0.1, 0.15) is 19.4 Å². The van der Waals surface area contributed by atoms with E-state index in [1.807, 2.05) is 91.9 Å². The Bertz CT molecular complexity index is 1400. The topological polar surface area (TPSA) is 85.6 Å². The Kier molecular flexibility index (Phi) is 6.39. The van der Waals surface area contributed by atoms with Gasteiger partial charge >= 0.3 is 0 Å². The molecule has 3 heterocycles. The third-order valence-electron chi connectivity index (χ3n) is 5.80. The molecule has 0 radical (unpaired) electrons. The van der Waals surface area contributed by atoms with Gasteiger partial charge in [0.25, 0.3) is 0 Å². The smallest absolute Gasteiger partial charge is 0.250 e. The molecule has 5 rings (SSSR count). The Morgan fingerprint density at radius 1 is 0.829 bits per heavy atom. The molecule has 0 aliphatic carbocycles. The second kappa shape index (κ2) is 10.1. The average Bonchev–Trinajstić information content (AvgIpc) is 3.36. The van der Waals surface area contributed by atoms with Crippen LogP contribution in [0.25, 0.3) is 33.6 Å². The quantitative estimate of drug-likeness (QED) is 0.339. The molecule has 7 nitrogen and oxygen atoms in total. The highest BCUT2D eigenvalue weighted by molar-refractivity contribution is 5.93. The largest absolute Gasteiger partial charge is 0.309 e. The van der Waals surface area contributed by atoms with Crippen LogP contribution < -0.4 is 5.32 Å². The zero-order chi connectivity index (χ0) is 24.0. The molecule has 1 unspecified atom stereocenters. The number of nitrogens with zero attached hydrogens (tertiary/aromatic N) is 5. The summed E-state index contributed by atoms with van der Waals surface area (Å²) in [7, 11) is 0. The van der Waals surface area contributed by atoms with Gasteiger partial charge in [-0.25, -0.2) is 9.67 Å².